The molecule has 0 saturated carbocycles. The van der Waals surface area contributed by atoms with Crippen LogP contribution in [-0.2, 0) is 16.1 Å². The molecule has 6 nitrogen and oxygen atoms in total. The molecule has 0 saturated heterocycles. The van der Waals surface area contributed by atoms with Gasteiger partial charge < -0.3 is 10.1 Å². The van der Waals surface area contributed by atoms with Crippen LogP contribution in [-0.4, -0.2) is 24.0 Å². The van der Waals surface area contributed by atoms with Gasteiger partial charge in [-0.1, -0.05) is 18.2 Å². The van der Waals surface area contributed by atoms with Gasteiger partial charge in [0.2, 0.25) is 0 Å². The summed E-state index contributed by atoms with van der Waals surface area (Å²) in [6.45, 7) is 4.81. The van der Waals surface area contributed by atoms with E-state index >= 15 is 0 Å². The molecular formula is C14H18N2O4. The minimum atomic E-state index is -0.389. The van der Waals surface area contributed by atoms with Crippen LogP contribution in [0.4, 0.5) is 5.69 Å². The third-order valence-corrected chi connectivity index (χ3v) is 2.73. The third-order valence-electron chi connectivity index (χ3n) is 2.73. The van der Waals surface area contributed by atoms with Crippen molar-refractivity contribution in [2.45, 2.75) is 20.4 Å². The Morgan fingerprint density at radius 1 is 1.50 bits per heavy atom. The number of rotatable bonds is 7. The molecule has 108 valence electrons. The molecule has 1 aromatic rings. The van der Waals surface area contributed by atoms with E-state index in [-0.39, 0.29) is 16.6 Å². The van der Waals surface area contributed by atoms with Gasteiger partial charge >= 0.3 is 5.97 Å². The van der Waals surface area contributed by atoms with Crippen LogP contribution >= 0.6 is 0 Å². The van der Waals surface area contributed by atoms with Crippen LogP contribution in [0.15, 0.2) is 30.4 Å². The van der Waals surface area contributed by atoms with Crippen LogP contribution in [0.5, 0.6) is 0 Å². The van der Waals surface area contributed by atoms with Crippen molar-refractivity contribution in [3.63, 3.8) is 0 Å². The Morgan fingerprint density at radius 3 is 2.90 bits per heavy atom. The number of carbonyl (C=O) groups is 1. The second-order valence-electron chi connectivity index (χ2n) is 4.10. The lowest BCUT2D eigenvalue weighted by Gasteiger charge is -2.06. The predicted octanol–water partition coefficient (Wildman–Crippen LogP) is 2.11. The van der Waals surface area contributed by atoms with E-state index in [0.29, 0.717) is 25.3 Å². The van der Waals surface area contributed by atoms with E-state index in [2.05, 4.69) is 5.32 Å². The fraction of sp³-hybridized carbons (Fsp3) is 0.357. The van der Waals surface area contributed by atoms with E-state index in [9.17, 15) is 14.9 Å². The second kappa shape index (κ2) is 8.06. The Hall–Kier alpha value is -2.21. The number of hydrogen-bond acceptors (Lipinski definition) is 5. The normalized spacial score (nSPS) is 10.7. The molecule has 0 spiro atoms. The molecule has 1 aromatic carbocycles. The maximum absolute atomic E-state index is 11.0. The fourth-order valence-electron chi connectivity index (χ4n) is 1.69. The van der Waals surface area contributed by atoms with Crippen molar-refractivity contribution >= 4 is 11.7 Å². The molecule has 0 unspecified atom stereocenters. The van der Waals surface area contributed by atoms with E-state index in [0.717, 1.165) is 5.56 Å². The highest BCUT2D eigenvalue weighted by atomic mass is 16.6. The Morgan fingerprint density at radius 2 is 2.25 bits per heavy atom. The minimum absolute atomic E-state index is 0.117. The molecule has 0 radical (unpaired) electrons. The average molecular weight is 278 g/mol. The first-order chi connectivity index (χ1) is 9.56. The molecule has 1 N–H and O–H groups in total. The number of ether oxygens (including phenoxy) is 1. The molecule has 0 aromatic heterocycles. The van der Waals surface area contributed by atoms with E-state index in [1.165, 1.54) is 12.1 Å². The first-order valence-electron chi connectivity index (χ1n) is 6.33. The number of benzene rings is 1. The lowest BCUT2D eigenvalue weighted by molar-refractivity contribution is -0.385. The van der Waals surface area contributed by atoms with Gasteiger partial charge in [0.1, 0.15) is 0 Å². The summed E-state index contributed by atoms with van der Waals surface area (Å²) in [7, 11) is 0. The topological polar surface area (TPSA) is 81.5 Å². The molecule has 20 heavy (non-hydrogen) atoms. The van der Waals surface area contributed by atoms with Gasteiger partial charge in [0.15, 0.2) is 0 Å². The molecule has 0 fully saturated rings. The molecular weight excluding hydrogens is 260 g/mol. The van der Waals surface area contributed by atoms with E-state index < -0.39 is 0 Å². The summed E-state index contributed by atoms with van der Waals surface area (Å²) in [5, 5.41) is 13.9. The molecule has 6 heteroatoms. The minimum Gasteiger partial charge on any atom is -0.463 e. The van der Waals surface area contributed by atoms with Crippen molar-refractivity contribution in [3.8, 4) is 0 Å². The van der Waals surface area contributed by atoms with Gasteiger partial charge in [-0.15, -0.1) is 0 Å². The van der Waals surface area contributed by atoms with E-state index in [1.54, 1.807) is 26.0 Å². The summed E-state index contributed by atoms with van der Waals surface area (Å²) in [6.07, 6.45) is 3.02. The maximum Gasteiger partial charge on any atom is 0.330 e. The maximum atomic E-state index is 11.0. The largest absolute Gasteiger partial charge is 0.463 e. The molecule has 1 rings (SSSR count). The third kappa shape index (κ3) is 4.81. The van der Waals surface area contributed by atoms with Crippen molar-refractivity contribution < 1.29 is 14.5 Å². The molecule has 0 heterocycles. The standard InChI is InChI=1S/C14H18N2O4/c1-3-20-14(17)8-5-9-15-10-12-6-4-7-13(11(12)2)16(18)19/h4-8,15H,3,9-10H2,1-2H3/b8-5+. The highest BCUT2D eigenvalue weighted by Crippen LogP contribution is 2.20. The molecule has 0 aliphatic rings. The van der Waals surface area contributed by atoms with Crippen LogP contribution in [0, 0.1) is 17.0 Å². The highest BCUT2D eigenvalue weighted by Gasteiger charge is 2.12. The van der Waals surface area contributed by atoms with Crippen LogP contribution in [0.3, 0.4) is 0 Å². The molecule has 0 amide bonds. The quantitative estimate of drug-likeness (QED) is 0.271. The smallest absolute Gasteiger partial charge is 0.330 e. The van der Waals surface area contributed by atoms with Crippen LogP contribution in [0.2, 0.25) is 0 Å². The molecule has 0 aliphatic heterocycles. The zero-order valence-electron chi connectivity index (χ0n) is 11.6. The number of nitrogens with zero attached hydrogens (tertiary/aromatic N) is 1. The lowest BCUT2D eigenvalue weighted by atomic mass is 10.1. The first kappa shape index (κ1) is 15.8. The van der Waals surface area contributed by atoms with E-state index in [1.807, 2.05) is 6.07 Å². The number of nitro benzene ring substituents is 1. The SMILES string of the molecule is CCOC(=O)/C=C/CNCc1cccc([N+](=O)[O-])c1C. The number of esters is 1. The van der Waals surface area contributed by atoms with Crippen molar-refractivity contribution in [1.29, 1.82) is 0 Å². The molecule has 0 atom stereocenters. The van der Waals surface area contributed by atoms with Gasteiger partial charge in [-0.3, -0.25) is 10.1 Å². The Kier molecular flexibility index (Phi) is 6.39. The Balaban J connectivity index is 2.49. The van der Waals surface area contributed by atoms with Gasteiger partial charge in [-0.25, -0.2) is 4.79 Å². The summed E-state index contributed by atoms with van der Waals surface area (Å²) in [5.74, 6) is -0.374. The lowest BCUT2D eigenvalue weighted by Crippen LogP contribution is -2.14. The molecule has 0 bridgehead atoms. The summed E-state index contributed by atoms with van der Waals surface area (Å²) in [5.41, 5.74) is 1.63. The summed E-state index contributed by atoms with van der Waals surface area (Å²) >= 11 is 0. The van der Waals surface area contributed by atoms with Gasteiger partial charge in [-0.05, 0) is 19.4 Å². The number of hydrogen-bond donors (Lipinski definition) is 1. The van der Waals surface area contributed by atoms with Crippen molar-refractivity contribution in [1.82, 2.24) is 5.32 Å². The van der Waals surface area contributed by atoms with Crippen molar-refractivity contribution in [2.24, 2.45) is 0 Å². The molecule has 0 aliphatic carbocycles. The van der Waals surface area contributed by atoms with Gasteiger partial charge in [0, 0.05) is 30.8 Å². The van der Waals surface area contributed by atoms with Crippen LogP contribution in [0.25, 0.3) is 0 Å². The zero-order chi connectivity index (χ0) is 15.0. The number of nitrogens with one attached hydrogen (secondary N) is 1. The summed E-state index contributed by atoms with van der Waals surface area (Å²) < 4.78 is 4.74. The second-order valence-corrected chi connectivity index (χ2v) is 4.10. The Labute approximate surface area is 117 Å². The Bertz CT molecular complexity index is 512. The highest BCUT2D eigenvalue weighted by molar-refractivity contribution is 5.81. The number of nitro groups is 1. The summed E-state index contributed by atoms with van der Waals surface area (Å²) in [6, 6.07) is 4.99. The zero-order valence-corrected chi connectivity index (χ0v) is 11.6. The van der Waals surface area contributed by atoms with Crippen LogP contribution < -0.4 is 5.32 Å². The van der Waals surface area contributed by atoms with E-state index in [4.69, 9.17) is 4.74 Å². The van der Waals surface area contributed by atoms with Crippen molar-refractivity contribution in [2.75, 3.05) is 13.2 Å². The van der Waals surface area contributed by atoms with Crippen LogP contribution in [0.1, 0.15) is 18.1 Å². The fourth-order valence-corrected chi connectivity index (χ4v) is 1.69. The van der Waals surface area contributed by atoms with Gasteiger partial charge in [0.25, 0.3) is 5.69 Å². The number of carbonyl (C=O) groups excluding carboxylic acids is 1. The first-order valence-corrected chi connectivity index (χ1v) is 6.33. The monoisotopic (exact) mass is 278 g/mol. The average Bonchev–Trinajstić information content (AvgIpc) is 2.40. The van der Waals surface area contributed by atoms with Crippen molar-refractivity contribution in [3.05, 3.63) is 51.6 Å². The van der Waals surface area contributed by atoms with Gasteiger partial charge in [0.05, 0.1) is 11.5 Å². The van der Waals surface area contributed by atoms with Gasteiger partial charge in [-0.2, -0.15) is 0 Å². The summed E-state index contributed by atoms with van der Waals surface area (Å²) in [4.78, 5) is 21.5. The predicted molar refractivity (Wildman–Crippen MR) is 75.3 cm³/mol.